The van der Waals surface area contributed by atoms with Crippen LogP contribution >= 0.6 is 0 Å². The summed E-state index contributed by atoms with van der Waals surface area (Å²) in [6.45, 7) is 2.76. The summed E-state index contributed by atoms with van der Waals surface area (Å²) in [5.41, 5.74) is 0. The van der Waals surface area contributed by atoms with Crippen LogP contribution in [0.25, 0.3) is 0 Å². The van der Waals surface area contributed by atoms with Gasteiger partial charge in [0.25, 0.3) is 0 Å². The van der Waals surface area contributed by atoms with Crippen molar-refractivity contribution in [2.24, 2.45) is 0 Å². The summed E-state index contributed by atoms with van der Waals surface area (Å²) in [5, 5.41) is 16.7. The predicted octanol–water partition coefficient (Wildman–Crippen LogP) is -1.90. The van der Waals surface area contributed by atoms with E-state index in [1.807, 2.05) is 0 Å². The Hall–Kier alpha value is 1.06. The zero-order valence-corrected chi connectivity index (χ0v) is 7.78. The molecule has 0 aromatic heterocycles. The van der Waals surface area contributed by atoms with Gasteiger partial charge in [-0.1, -0.05) is 0 Å². The molecule has 6 heteroatoms. The Balaban J connectivity index is 0. The first-order valence-electron chi connectivity index (χ1n) is 4.36. The van der Waals surface area contributed by atoms with Gasteiger partial charge in [-0.05, 0) is 0 Å². The SMILES string of the molecule is OCCOCCOCCOCCO.[CaH2]. The second-order valence-electron chi connectivity index (χ2n) is 2.28. The van der Waals surface area contributed by atoms with Crippen molar-refractivity contribution in [3.63, 3.8) is 0 Å². The van der Waals surface area contributed by atoms with Crippen LogP contribution < -0.4 is 0 Å². The summed E-state index contributed by atoms with van der Waals surface area (Å²) in [5.74, 6) is 0. The monoisotopic (exact) mass is 236 g/mol. The second kappa shape index (κ2) is 16.5. The van der Waals surface area contributed by atoms with Crippen molar-refractivity contribution >= 4 is 37.7 Å². The van der Waals surface area contributed by atoms with Crippen LogP contribution in [0.3, 0.4) is 0 Å². The molecule has 0 radical (unpaired) electrons. The van der Waals surface area contributed by atoms with Gasteiger partial charge in [-0.2, -0.15) is 0 Å². The molecule has 0 aliphatic rings. The van der Waals surface area contributed by atoms with Crippen molar-refractivity contribution in [3.8, 4) is 0 Å². The van der Waals surface area contributed by atoms with Gasteiger partial charge in [-0.15, -0.1) is 0 Å². The molecule has 0 aliphatic carbocycles. The maximum atomic E-state index is 8.36. The number of ether oxygens (including phenoxy) is 3. The molecule has 5 nitrogen and oxygen atoms in total. The molecule has 2 N–H and O–H groups in total. The molecule has 0 rings (SSSR count). The Morgan fingerprint density at radius 2 is 0.857 bits per heavy atom. The van der Waals surface area contributed by atoms with Crippen LogP contribution in [-0.2, 0) is 14.2 Å². The van der Waals surface area contributed by atoms with Gasteiger partial charge in [0, 0.05) is 0 Å². The third-order valence-electron chi connectivity index (χ3n) is 1.22. The number of hydrogen-bond acceptors (Lipinski definition) is 5. The van der Waals surface area contributed by atoms with Crippen LogP contribution in [0.4, 0.5) is 0 Å². The number of aliphatic hydroxyl groups excluding tert-OH is 2. The van der Waals surface area contributed by atoms with Crippen molar-refractivity contribution in [3.05, 3.63) is 0 Å². The van der Waals surface area contributed by atoms with Crippen LogP contribution in [0.1, 0.15) is 0 Å². The topological polar surface area (TPSA) is 68.2 Å². The van der Waals surface area contributed by atoms with Crippen molar-refractivity contribution in [1.82, 2.24) is 0 Å². The average molecular weight is 236 g/mol. The number of aliphatic hydroxyl groups is 2. The molecule has 0 saturated heterocycles. The average Bonchev–Trinajstić information content (AvgIpc) is 2.16. The predicted molar refractivity (Wildman–Crippen MR) is 55.2 cm³/mol. The normalized spacial score (nSPS) is 9.86. The van der Waals surface area contributed by atoms with E-state index in [1.54, 1.807) is 0 Å². The van der Waals surface area contributed by atoms with Gasteiger partial charge in [-0.3, -0.25) is 0 Å². The second-order valence-corrected chi connectivity index (χ2v) is 2.28. The van der Waals surface area contributed by atoms with Gasteiger partial charge in [0.05, 0.1) is 52.9 Å². The summed E-state index contributed by atoms with van der Waals surface area (Å²) in [4.78, 5) is 0. The molecule has 0 aromatic rings. The zero-order valence-electron chi connectivity index (χ0n) is 7.78. The van der Waals surface area contributed by atoms with Crippen molar-refractivity contribution in [1.29, 1.82) is 0 Å². The number of rotatable bonds is 10. The third-order valence-corrected chi connectivity index (χ3v) is 1.22. The van der Waals surface area contributed by atoms with Crippen LogP contribution in [0.2, 0.25) is 0 Å². The van der Waals surface area contributed by atoms with Crippen molar-refractivity contribution in [2.45, 2.75) is 0 Å². The fourth-order valence-electron chi connectivity index (χ4n) is 0.671. The first-order chi connectivity index (χ1) is 6.41. The van der Waals surface area contributed by atoms with Crippen LogP contribution in [0, 0.1) is 0 Å². The molecule has 0 atom stereocenters. The van der Waals surface area contributed by atoms with Gasteiger partial charge < -0.3 is 24.4 Å². The minimum absolute atomic E-state index is 0. The molecule has 0 aromatic carbocycles. The van der Waals surface area contributed by atoms with E-state index in [4.69, 9.17) is 24.4 Å². The Morgan fingerprint density at radius 3 is 1.14 bits per heavy atom. The third kappa shape index (κ3) is 15.5. The fraction of sp³-hybridized carbons (Fsp3) is 1.00. The first kappa shape index (κ1) is 17.5. The van der Waals surface area contributed by atoms with E-state index >= 15 is 0 Å². The van der Waals surface area contributed by atoms with Crippen LogP contribution in [0.15, 0.2) is 0 Å². The Labute approximate surface area is 114 Å². The summed E-state index contributed by atoms with van der Waals surface area (Å²) in [7, 11) is 0. The fourth-order valence-corrected chi connectivity index (χ4v) is 0.671. The maximum absolute atomic E-state index is 8.36. The Kier molecular flexibility index (Phi) is 20.6. The molecule has 0 amide bonds. The quantitative estimate of drug-likeness (QED) is 0.343. The molecular weight excluding hydrogens is 216 g/mol. The van der Waals surface area contributed by atoms with Gasteiger partial charge in [-0.25, -0.2) is 0 Å². The first-order valence-corrected chi connectivity index (χ1v) is 4.36. The van der Waals surface area contributed by atoms with Gasteiger partial charge >= 0.3 is 37.7 Å². The van der Waals surface area contributed by atoms with E-state index in [0.717, 1.165) is 0 Å². The van der Waals surface area contributed by atoms with E-state index in [-0.39, 0.29) is 51.0 Å². The van der Waals surface area contributed by atoms with E-state index < -0.39 is 0 Å². The van der Waals surface area contributed by atoms with Gasteiger partial charge in [0.1, 0.15) is 0 Å². The van der Waals surface area contributed by atoms with E-state index in [0.29, 0.717) is 39.6 Å². The van der Waals surface area contributed by atoms with Gasteiger partial charge in [0.2, 0.25) is 0 Å². The zero-order chi connectivity index (χ0) is 9.78. The molecule has 0 fully saturated rings. The standard InChI is InChI=1S/C8H18O5.Ca.2H/c9-1-3-11-5-7-13-8-6-12-4-2-10;;;/h9-10H,1-8H2;;;. The molecule has 14 heavy (non-hydrogen) atoms. The molecule has 0 aliphatic heterocycles. The number of hydrogen-bond donors (Lipinski definition) is 2. The summed E-state index contributed by atoms with van der Waals surface area (Å²) >= 11 is 0. The summed E-state index contributed by atoms with van der Waals surface area (Å²) in [6.07, 6.45) is 0. The Bertz CT molecular complexity index is 83.8. The van der Waals surface area contributed by atoms with Gasteiger partial charge in [0.15, 0.2) is 0 Å². The van der Waals surface area contributed by atoms with Crippen LogP contribution in [0.5, 0.6) is 0 Å². The molecular formula is C8H20CaO5. The molecule has 0 saturated carbocycles. The van der Waals surface area contributed by atoms with E-state index in [9.17, 15) is 0 Å². The molecule has 0 bridgehead atoms. The summed E-state index contributed by atoms with van der Waals surface area (Å²) in [6, 6.07) is 0. The minimum atomic E-state index is 0. The Morgan fingerprint density at radius 1 is 0.571 bits per heavy atom. The molecule has 0 heterocycles. The summed E-state index contributed by atoms with van der Waals surface area (Å²) < 4.78 is 15.0. The van der Waals surface area contributed by atoms with E-state index in [2.05, 4.69) is 0 Å². The molecule has 0 spiro atoms. The molecule has 84 valence electrons. The van der Waals surface area contributed by atoms with E-state index in [1.165, 1.54) is 0 Å². The van der Waals surface area contributed by atoms with Crippen LogP contribution in [-0.4, -0.2) is 101 Å². The van der Waals surface area contributed by atoms with Crippen molar-refractivity contribution < 1.29 is 24.4 Å². The van der Waals surface area contributed by atoms with Crippen molar-refractivity contribution in [2.75, 3.05) is 52.9 Å². The molecule has 0 unspecified atom stereocenters.